The minimum atomic E-state index is -3.77. The quantitative estimate of drug-likeness (QED) is 0.888. The van der Waals surface area contributed by atoms with Crippen molar-refractivity contribution >= 4 is 32.3 Å². The molecule has 2 aromatic rings. The van der Waals surface area contributed by atoms with Gasteiger partial charge in [0.05, 0.1) is 12.0 Å². The van der Waals surface area contributed by atoms with E-state index in [4.69, 9.17) is 5.73 Å². The molecule has 104 valence electrons. The van der Waals surface area contributed by atoms with Crippen LogP contribution in [0.5, 0.6) is 0 Å². The minimum absolute atomic E-state index is 0.0318. The zero-order valence-electron chi connectivity index (χ0n) is 10.8. The molecule has 0 unspecified atom stereocenters. The smallest absolute Gasteiger partial charge is 0.283 e. The Balaban J connectivity index is 2.31. The van der Waals surface area contributed by atoms with Gasteiger partial charge in [-0.3, -0.25) is 4.72 Å². The molecule has 0 saturated heterocycles. The third kappa shape index (κ3) is 2.71. The molecule has 19 heavy (non-hydrogen) atoms. The van der Waals surface area contributed by atoms with Crippen molar-refractivity contribution in [2.75, 3.05) is 10.5 Å². The summed E-state index contributed by atoms with van der Waals surface area (Å²) in [4.78, 5) is 7.98. The lowest BCUT2D eigenvalue weighted by atomic mass is 10.2. The first-order valence-electron chi connectivity index (χ1n) is 5.56. The SMILES string of the molecule is CC(C)c1csc(NS(=O)(=O)c2c(N)ncn2C)n1. The Bertz CT molecular complexity index is 667. The topological polar surface area (TPSA) is 103 Å². The molecule has 0 fully saturated rings. The van der Waals surface area contributed by atoms with Crippen molar-refractivity contribution in [3.63, 3.8) is 0 Å². The number of imidazole rings is 1. The maximum Gasteiger partial charge on any atom is 0.283 e. The van der Waals surface area contributed by atoms with E-state index < -0.39 is 10.0 Å². The summed E-state index contributed by atoms with van der Waals surface area (Å²) in [6, 6.07) is 0. The van der Waals surface area contributed by atoms with Gasteiger partial charge in [0.2, 0.25) is 0 Å². The van der Waals surface area contributed by atoms with Crippen LogP contribution in [-0.4, -0.2) is 23.0 Å². The molecule has 0 amide bonds. The molecule has 7 nitrogen and oxygen atoms in total. The van der Waals surface area contributed by atoms with Crippen molar-refractivity contribution in [3.8, 4) is 0 Å². The Morgan fingerprint density at radius 2 is 2.16 bits per heavy atom. The molecule has 0 radical (unpaired) electrons. The van der Waals surface area contributed by atoms with Crippen molar-refractivity contribution in [1.82, 2.24) is 14.5 Å². The fourth-order valence-corrected chi connectivity index (χ4v) is 3.89. The van der Waals surface area contributed by atoms with Crippen LogP contribution in [-0.2, 0) is 17.1 Å². The number of nitrogens with two attached hydrogens (primary N) is 1. The number of rotatable bonds is 4. The summed E-state index contributed by atoms with van der Waals surface area (Å²) in [6.07, 6.45) is 1.35. The number of hydrogen-bond acceptors (Lipinski definition) is 6. The maximum absolute atomic E-state index is 12.2. The molecule has 2 heterocycles. The second-order valence-corrected chi connectivity index (χ2v) is 6.84. The Labute approximate surface area is 115 Å². The second kappa shape index (κ2) is 4.82. The highest BCUT2D eigenvalue weighted by Crippen LogP contribution is 2.25. The first kappa shape index (κ1) is 13.8. The van der Waals surface area contributed by atoms with Gasteiger partial charge in [-0.15, -0.1) is 11.3 Å². The molecule has 0 aliphatic heterocycles. The lowest BCUT2D eigenvalue weighted by Gasteiger charge is -2.06. The summed E-state index contributed by atoms with van der Waals surface area (Å²) >= 11 is 1.24. The van der Waals surface area contributed by atoms with Gasteiger partial charge in [-0.2, -0.15) is 8.42 Å². The van der Waals surface area contributed by atoms with Gasteiger partial charge < -0.3 is 10.3 Å². The number of hydrogen-bond donors (Lipinski definition) is 2. The zero-order valence-corrected chi connectivity index (χ0v) is 12.4. The van der Waals surface area contributed by atoms with Gasteiger partial charge in [-0.25, -0.2) is 9.97 Å². The highest BCUT2D eigenvalue weighted by atomic mass is 32.2. The first-order valence-corrected chi connectivity index (χ1v) is 7.92. The third-order valence-electron chi connectivity index (χ3n) is 2.50. The third-order valence-corrected chi connectivity index (χ3v) is 4.87. The number of anilines is 2. The van der Waals surface area contributed by atoms with E-state index >= 15 is 0 Å². The summed E-state index contributed by atoms with van der Waals surface area (Å²) in [5.41, 5.74) is 6.41. The van der Waals surface area contributed by atoms with Crippen LogP contribution in [0.25, 0.3) is 0 Å². The normalized spacial score (nSPS) is 12.0. The molecule has 0 bridgehead atoms. The largest absolute Gasteiger partial charge is 0.381 e. The fourth-order valence-electron chi connectivity index (χ4n) is 1.53. The average Bonchev–Trinajstić information content (AvgIpc) is 2.85. The van der Waals surface area contributed by atoms with Crippen molar-refractivity contribution in [3.05, 3.63) is 17.4 Å². The van der Waals surface area contributed by atoms with E-state index in [9.17, 15) is 8.42 Å². The van der Waals surface area contributed by atoms with Crippen LogP contribution < -0.4 is 10.5 Å². The van der Waals surface area contributed by atoms with Crippen LogP contribution in [0.15, 0.2) is 16.7 Å². The van der Waals surface area contributed by atoms with Gasteiger partial charge in [0.1, 0.15) is 0 Å². The van der Waals surface area contributed by atoms with Crippen LogP contribution in [0.3, 0.4) is 0 Å². The van der Waals surface area contributed by atoms with Gasteiger partial charge in [-0.05, 0) is 5.92 Å². The van der Waals surface area contributed by atoms with E-state index in [2.05, 4.69) is 14.7 Å². The molecule has 2 rings (SSSR count). The highest BCUT2D eigenvalue weighted by Gasteiger charge is 2.23. The summed E-state index contributed by atoms with van der Waals surface area (Å²) < 4.78 is 28.2. The molecule has 0 atom stereocenters. The van der Waals surface area contributed by atoms with Crippen LogP contribution >= 0.6 is 11.3 Å². The van der Waals surface area contributed by atoms with Gasteiger partial charge in [0, 0.05) is 12.4 Å². The summed E-state index contributed by atoms with van der Waals surface area (Å²) in [6.45, 7) is 3.98. The summed E-state index contributed by atoms with van der Waals surface area (Å²) in [5.74, 6) is 0.215. The molecular formula is C10H15N5O2S2. The number of sulfonamides is 1. The lowest BCUT2D eigenvalue weighted by Crippen LogP contribution is -2.17. The zero-order chi connectivity index (χ0) is 14.2. The van der Waals surface area contributed by atoms with Crippen LogP contribution in [0.4, 0.5) is 10.9 Å². The van der Waals surface area contributed by atoms with Gasteiger partial charge in [-0.1, -0.05) is 13.8 Å². The highest BCUT2D eigenvalue weighted by molar-refractivity contribution is 7.93. The molecule has 0 saturated carbocycles. The Morgan fingerprint density at radius 3 is 2.63 bits per heavy atom. The Kier molecular flexibility index (Phi) is 3.50. The molecule has 0 aliphatic rings. The van der Waals surface area contributed by atoms with Gasteiger partial charge in [0.25, 0.3) is 10.0 Å². The lowest BCUT2D eigenvalue weighted by molar-refractivity contribution is 0.592. The predicted molar refractivity (Wildman–Crippen MR) is 74.6 cm³/mol. The number of nitrogens with one attached hydrogen (secondary N) is 1. The van der Waals surface area contributed by atoms with E-state index in [-0.39, 0.29) is 16.8 Å². The Hall–Kier alpha value is -1.61. The van der Waals surface area contributed by atoms with Crippen molar-refractivity contribution < 1.29 is 8.42 Å². The fraction of sp³-hybridized carbons (Fsp3) is 0.400. The summed E-state index contributed by atoms with van der Waals surface area (Å²) in [5, 5.41) is 2.09. The summed E-state index contributed by atoms with van der Waals surface area (Å²) in [7, 11) is -2.20. The van der Waals surface area contributed by atoms with E-state index in [0.29, 0.717) is 5.13 Å². The van der Waals surface area contributed by atoms with E-state index in [1.165, 1.54) is 22.2 Å². The van der Waals surface area contributed by atoms with Crippen LogP contribution in [0, 0.1) is 0 Å². The van der Waals surface area contributed by atoms with Gasteiger partial charge >= 0.3 is 0 Å². The van der Waals surface area contributed by atoms with Crippen molar-refractivity contribution in [2.45, 2.75) is 24.8 Å². The number of nitrogen functional groups attached to an aromatic ring is 1. The van der Waals surface area contributed by atoms with Crippen molar-refractivity contribution in [1.29, 1.82) is 0 Å². The van der Waals surface area contributed by atoms with Crippen LogP contribution in [0.2, 0.25) is 0 Å². The predicted octanol–water partition coefficient (Wildman–Crippen LogP) is 1.38. The molecule has 0 aromatic carbocycles. The first-order chi connectivity index (χ1) is 8.81. The average molecular weight is 301 g/mol. The van der Waals surface area contributed by atoms with E-state index in [1.54, 1.807) is 7.05 Å². The number of aromatic nitrogens is 3. The Morgan fingerprint density at radius 1 is 1.47 bits per heavy atom. The minimum Gasteiger partial charge on any atom is -0.381 e. The number of aryl methyl sites for hydroxylation is 1. The second-order valence-electron chi connectivity index (χ2n) is 4.38. The number of nitrogens with zero attached hydrogens (tertiary/aromatic N) is 3. The van der Waals surface area contributed by atoms with Crippen molar-refractivity contribution in [2.24, 2.45) is 7.05 Å². The molecule has 9 heteroatoms. The maximum atomic E-state index is 12.2. The molecule has 0 spiro atoms. The van der Waals surface area contributed by atoms with E-state index in [0.717, 1.165) is 5.69 Å². The monoisotopic (exact) mass is 301 g/mol. The molecule has 3 N–H and O–H groups in total. The number of thiazole rings is 1. The molecule has 0 aliphatic carbocycles. The van der Waals surface area contributed by atoms with Crippen LogP contribution in [0.1, 0.15) is 25.5 Å². The van der Waals surface area contributed by atoms with E-state index in [1.807, 2.05) is 19.2 Å². The molecular weight excluding hydrogens is 286 g/mol. The molecule has 2 aromatic heterocycles. The van der Waals surface area contributed by atoms with Gasteiger partial charge in [0.15, 0.2) is 16.0 Å². The standard InChI is InChI=1S/C10H15N5O2S2/c1-6(2)7-4-18-10(13-7)14-19(16,17)9-8(11)12-5-15(9)3/h4-6H,11H2,1-3H3,(H,13,14).